The quantitative estimate of drug-likeness (QED) is 0.518. The summed E-state index contributed by atoms with van der Waals surface area (Å²) in [6.07, 6.45) is 0.637. The van der Waals surface area contributed by atoms with Gasteiger partial charge in [0.15, 0.2) is 0 Å². The Morgan fingerprint density at radius 2 is 2.11 bits per heavy atom. The molecule has 0 amide bonds. The second-order valence-corrected chi connectivity index (χ2v) is 3.00. The Morgan fingerprint density at radius 3 is 2.22 bits per heavy atom. The standard InChI is InChI=1S/C4H9FNP.C2H6/c5-4(7)1-2-6-3-4;1-2/h6H,1-3,7H2;1-2H3. The van der Waals surface area contributed by atoms with Crippen molar-refractivity contribution < 1.29 is 4.39 Å². The molecule has 1 aliphatic heterocycles. The highest BCUT2D eigenvalue weighted by atomic mass is 31.0. The highest BCUT2D eigenvalue weighted by molar-refractivity contribution is 7.18. The number of alkyl halides is 1. The van der Waals surface area contributed by atoms with Crippen molar-refractivity contribution >= 4 is 9.24 Å². The van der Waals surface area contributed by atoms with Crippen molar-refractivity contribution in [2.45, 2.75) is 25.7 Å². The predicted octanol–water partition coefficient (Wildman–Crippen LogP) is 1.55. The first kappa shape index (κ1) is 9.32. The second kappa shape index (κ2) is 4.19. The zero-order valence-corrected chi connectivity index (χ0v) is 7.23. The molecule has 0 radical (unpaired) electrons. The van der Waals surface area contributed by atoms with Gasteiger partial charge in [-0.15, -0.1) is 0 Å². The fourth-order valence-corrected chi connectivity index (χ4v) is 0.969. The molecule has 56 valence electrons. The minimum atomic E-state index is -1.000. The van der Waals surface area contributed by atoms with Crippen LogP contribution in [0, 0.1) is 0 Å². The van der Waals surface area contributed by atoms with Crippen molar-refractivity contribution in [3.05, 3.63) is 0 Å². The van der Waals surface area contributed by atoms with Gasteiger partial charge in [-0.3, -0.25) is 0 Å². The zero-order chi connectivity index (χ0) is 7.33. The van der Waals surface area contributed by atoms with Crippen LogP contribution in [0.15, 0.2) is 0 Å². The lowest BCUT2D eigenvalue weighted by molar-refractivity contribution is 0.315. The van der Waals surface area contributed by atoms with Gasteiger partial charge in [-0.25, -0.2) is 4.39 Å². The molecule has 1 aliphatic rings. The number of rotatable bonds is 0. The monoisotopic (exact) mass is 151 g/mol. The van der Waals surface area contributed by atoms with E-state index in [9.17, 15) is 4.39 Å². The first-order chi connectivity index (χ1) is 4.21. The van der Waals surface area contributed by atoms with Crippen LogP contribution in [0.25, 0.3) is 0 Å². The molecule has 0 bridgehead atoms. The molecule has 0 spiro atoms. The molecule has 9 heavy (non-hydrogen) atoms. The maximum atomic E-state index is 12.5. The number of hydrogen-bond acceptors (Lipinski definition) is 1. The molecule has 2 atom stereocenters. The second-order valence-electron chi connectivity index (χ2n) is 1.96. The Morgan fingerprint density at radius 1 is 1.56 bits per heavy atom. The topological polar surface area (TPSA) is 12.0 Å². The van der Waals surface area contributed by atoms with E-state index >= 15 is 0 Å². The van der Waals surface area contributed by atoms with Crippen molar-refractivity contribution in [3.63, 3.8) is 0 Å². The summed E-state index contributed by atoms with van der Waals surface area (Å²) < 4.78 is 12.5. The van der Waals surface area contributed by atoms with Gasteiger partial charge < -0.3 is 5.32 Å². The molecule has 1 saturated heterocycles. The summed E-state index contributed by atoms with van der Waals surface area (Å²) in [5.41, 5.74) is 0. The van der Waals surface area contributed by atoms with Crippen molar-refractivity contribution in [3.8, 4) is 0 Å². The van der Waals surface area contributed by atoms with E-state index < -0.39 is 5.41 Å². The van der Waals surface area contributed by atoms with Crippen LogP contribution in [0.3, 0.4) is 0 Å². The summed E-state index contributed by atoms with van der Waals surface area (Å²) in [7, 11) is 2.20. The van der Waals surface area contributed by atoms with Crippen LogP contribution < -0.4 is 5.32 Å². The maximum absolute atomic E-state index is 12.5. The highest BCUT2D eigenvalue weighted by Gasteiger charge is 2.26. The Kier molecular flexibility index (Phi) is 4.33. The van der Waals surface area contributed by atoms with E-state index in [-0.39, 0.29) is 0 Å². The normalized spacial score (nSPS) is 33.3. The first-order valence-corrected chi connectivity index (χ1v) is 3.97. The van der Waals surface area contributed by atoms with Gasteiger partial charge in [-0.2, -0.15) is 0 Å². The maximum Gasteiger partial charge on any atom is 0.137 e. The number of halogens is 1. The lowest BCUT2D eigenvalue weighted by Gasteiger charge is -2.07. The van der Waals surface area contributed by atoms with E-state index in [0.717, 1.165) is 6.54 Å². The largest absolute Gasteiger partial charge is 0.313 e. The summed E-state index contributed by atoms with van der Waals surface area (Å²) in [4.78, 5) is 0. The minimum Gasteiger partial charge on any atom is -0.313 e. The van der Waals surface area contributed by atoms with Crippen molar-refractivity contribution in [1.29, 1.82) is 0 Å². The minimum absolute atomic E-state index is 0.498. The average Bonchev–Trinajstić information content (AvgIpc) is 2.19. The van der Waals surface area contributed by atoms with Gasteiger partial charge in [0, 0.05) is 6.54 Å². The number of nitrogens with one attached hydrogen (secondary N) is 1. The SMILES string of the molecule is CC.FC1(P)CCNC1. The molecule has 0 aromatic rings. The molecule has 0 saturated carbocycles. The Labute approximate surface area is 58.6 Å². The molecule has 1 N–H and O–H groups in total. The molecule has 1 nitrogen and oxygen atoms in total. The van der Waals surface area contributed by atoms with Crippen LogP contribution in [0.5, 0.6) is 0 Å². The van der Waals surface area contributed by atoms with Gasteiger partial charge in [0.25, 0.3) is 0 Å². The molecule has 0 aromatic heterocycles. The lowest BCUT2D eigenvalue weighted by Crippen LogP contribution is -2.16. The fourth-order valence-electron chi connectivity index (χ4n) is 0.681. The van der Waals surface area contributed by atoms with E-state index in [1.807, 2.05) is 13.8 Å². The van der Waals surface area contributed by atoms with Gasteiger partial charge in [-0.05, 0) is 13.0 Å². The predicted molar refractivity (Wildman–Crippen MR) is 42.4 cm³/mol. The van der Waals surface area contributed by atoms with Crippen LogP contribution in [0.4, 0.5) is 4.39 Å². The van der Waals surface area contributed by atoms with Crippen LogP contribution >= 0.6 is 9.24 Å². The Balaban J connectivity index is 0.000000291. The van der Waals surface area contributed by atoms with Crippen LogP contribution in [-0.4, -0.2) is 18.5 Å². The average molecular weight is 151 g/mol. The third-order valence-corrected chi connectivity index (χ3v) is 1.63. The lowest BCUT2D eigenvalue weighted by atomic mass is 10.3. The van der Waals surface area contributed by atoms with E-state index in [1.54, 1.807) is 0 Å². The third kappa shape index (κ3) is 3.83. The van der Waals surface area contributed by atoms with E-state index in [0.29, 0.717) is 13.0 Å². The van der Waals surface area contributed by atoms with E-state index in [2.05, 4.69) is 14.6 Å². The molecule has 3 heteroatoms. The Hall–Kier alpha value is 0.320. The summed E-state index contributed by atoms with van der Waals surface area (Å²) in [5.74, 6) is 0. The third-order valence-electron chi connectivity index (χ3n) is 1.14. The molecular weight excluding hydrogens is 136 g/mol. The molecule has 1 fully saturated rings. The van der Waals surface area contributed by atoms with Crippen molar-refractivity contribution in [2.75, 3.05) is 13.1 Å². The van der Waals surface area contributed by atoms with Gasteiger partial charge in [0.2, 0.25) is 0 Å². The first-order valence-electron chi connectivity index (χ1n) is 3.39. The Bertz CT molecular complexity index is 67.5. The van der Waals surface area contributed by atoms with Crippen LogP contribution in [-0.2, 0) is 0 Å². The van der Waals surface area contributed by atoms with Crippen molar-refractivity contribution in [1.82, 2.24) is 5.32 Å². The highest BCUT2D eigenvalue weighted by Crippen LogP contribution is 2.26. The number of hydrogen-bond donors (Lipinski definition) is 1. The fraction of sp³-hybridized carbons (Fsp3) is 1.00. The molecule has 1 heterocycles. The summed E-state index contributed by atoms with van der Waals surface area (Å²) in [6, 6.07) is 0. The van der Waals surface area contributed by atoms with Gasteiger partial charge in [0.1, 0.15) is 5.41 Å². The zero-order valence-electron chi connectivity index (χ0n) is 6.08. The summed E-state index contributed by atoms with van der Waals surface area (Å²) >= 11 is 0. The summed E-state index contributed by atoms with van der Waals surface area (Å²) in [5, 5.41) is 1.92. The van der Waals surface area contributed by atoms with E-state index in [1.165, 1.54) is 0 Å². The molecule has 1 rings (SSSR count). The smallest absolute Gasteiger partial charge is 0.137 e. The molecule has 2 unspecified atom stereocenters. The molecular formula is C6H15FNP. The summed E-state index contributed by atoms with van der Waals surface area (Å²) in [6.45, 7) is 5.32. The molecule has 0 aromatic carbocycles. The van der Waals surface area contributed by atoms with Crippen LogP contribution in [0.2, 0.25) is 0 Å². The van der Waals surface area contributed by atoms with Gasteiger partial charge >= 0.3 is 0 Å². The van der Waals surface area contributed by atoms with Crippen molar-refractivity contribution in [2.24, 2.45) is 0 Å². The van der Waals surface area contributed by atoms with Crippen LogP contribution in [0.1, 0.15) is 20.3 Å². The van der Waals surface area contributed by atoms with Gasteiger partial charge in [-0.1, -0.05) is 23.1 Å². The molecule has 0 aliphatic carbocycles. The van der Waals surface area contributed by atoms with Gasteiger partial charge in [0.05, 0.1) is 0 Å². The van der Waals surface area contributed by atoms with E-state index in [4.69, 9.17) is 0 Å².